The number of aromatic nitrogens is 4. The fourth-order valence-electron chi connectivity index (χ4n) is 2.31. The largest absolute Gasteiger partial charge is 0.288 e. The van der Waals surface area contributed by atoms with Crippen molar-refractivity contribution >= 4 is 31.5 Å². The van der Waals surface area contributed by atoms with E-state index in [0.717, 1.165) is 14.8 Å². The summed E-state index contributed by atoms with van der Waals surface area (Å²) < 4.78 is 1.91. The summed E-state index contributed by atoms with van der Waals surface area (Å²) in [6.45, 7) is 0. The van der Waals surface area contributed by atoms with Gasteiger partial charge in [-0.25, -0.2) is 0 Å². The van der Waals surface area contributed by atoms with Crippen molar-refractivity contribution < 1.29 is 0 Å². The molecule has 1 N–H and O–H groups in total. The first-order valence-electron chi connectivity index (χ1n) is 6.03. The maximum Gasteiger partial charge on any atom is 0.205 e. The van der Waals surface area contributed by atoms with Crippen LogP contribution in [0.25, 0.3) is 31.6 Å². The molecule has 2 heterocycles. The normalized spacial score (nSPS) is 11.2. The number of nitrogens with zero attached hydrogens (tertiary/aromatic N) is 3. The SMILES string of the molecule is O=c1c2ccccc2sc2cccc(-c3nn[nH]n3)c12. The summed E-state index contributed by atoms with van der Waals surface area (Å²) in [4.78, 5) is 12.7. The molecule has 0 aliphatic heterocycles. The number of H-pyrrole nitrogens is 1. The maximum absolute atomic E-state index is 12.7. The number of tetrazole rings is 1. The molecule has 4 rings (SSSR count). The van der Waals surface area contributed by atoms with Gasteiger partial charge >= 0.3 is 0 Å². The zero-order valence-corrected chi connectivity index (χ0v) is 11.0. The van der Waals surface area contributed by atoms with E-state index in [-0.39, 0.29) is 5.43 Å². The molecule has 0 radical (unpaired) electrons. The van der Waals surface area contributed by atoms with Crippen LogP contribution in [-0.2, 0) is 0 Å². The Balaban J connectivity index is 2.23. The van der Waals surface area contributed by atoms with Crippen molar-refractivity contribution in [3.63, 3.8) is 0 Å². The van der Waals surface area contributed by atoms with Gasteiger partial charge in [0.2, 0.25) is 5.82 Å². The van der Waals surface area contributed by atoms with Crippen LogP contribution in [0.4, 0.5) is 0 Å². The Morgan fingerprint density at radius 2 is 1.85 bits per heavy atom. The standard InChI is InChI=1S/C14H8N4OS/c19-13-8-4-1-2-6-10(8)20-11-7-3-5-9(12(11)13)14-15-17-18-16-14/h1-7H,(H,15,16,17,18). The fraction of sp³-hybridized carbons (Fsp3) is 0. The van der Waals surface area contributed by atoms with Crippen LogP contribution in [-0.4, -0.2) is 20.6 Å². The molecular weight excluding hydrogens is 272 g/mol. The molecule has 0 atom stereocenters. The van der Waals surface area contributed by atoms with Crippen LogP contribution in [0.3, 0.4) is 0 Å². The van der Waals surface area contributed by atoms with E-state index in [1.165, 1.54) is 0 Å². The molecule has 2 aromatic carbocycles. The van der Waals surface area contributed by atoms with Gasteiger partial charge in [0.1, 0.15) is 0 Å². The molecule has 4 aromatic rings. The summed E-state index contributed by atoms with van der Waals surface area (Å²) in [7, 11) is 0. The van der Waals surface area contributed by atoms with Crippen LogP contribution in [0, 0.1) is 0 Å². The van der Waals surface area contributed by atoms with Crippen LogP contribution in [0.1, 0.15) is 0 Å². The van der Waals surface area contributed by atoms with Crippen LogP contribution >= 0.6 is 11.3 Å². The molecule has 6 heteroatoms. The van der Waals surface area contributed by atoms with Gasteiger partial charge < -0.3 is 0 Å². The zero-order valence-electron chi connectivity index (χ0n) is 10.2. The van der Waals surface area contributed by atoms with Crippen LogP contribution < -0.4 is 5.43 Å². The van der Waals surface area contributed by atoms with Crippen molar-refractivity contribution in [1.29, 1.82) is 0 Å². The van der Waals surface area contributed by atoms with Crippen molar-refractivity contribution in [2.45, 2.75) is 0 Å². The molecule has 96 valence electrons. The predicted molar refractivity (Wildman–Crippen MR) is 78.8 cm³/mol. The minimum Gasteiger partial charge on any atom is -0.288 e. The monoisotopic (exact) mass is 280 g/mol. The molecule has 20 heavy (non-hydrogen) atoms. The number of benzene rings is 2. The molecule has 0 amide bonds. The highest BCUT2D eigenvalue weighted by atomic mass is 32.1. The van der Waals surface area contributed by atoms with E-state index in [2.05, 4.69) is 20.6 Å². The molecule has 0 fully saturated rings. The van der Waals surface area contributed by atoms with Crippen molar-refractivity contribution in [1.82, 2.24) is 20.6 Å². The predicted octanol–water partition coefficient (Wildman–Crippen LogP) is 2.59. The number of hydrogen-bond acceptors (Lipinski definition) is 5. The van der Waals surface area contributed by atoms with Gasteiger partial charge in [-0.3, -0.25) is 4.79 Å². The van der Waals surface area contributed by atoms with Gasteiger partial charge in [-0.2, -0.15) is 5.21 Å². The molecule has 2 aromatic heterocycles. The molecular formula is C14H8N4OS. The lowest BCUT2D eigenvalue weighted by atomic mass is 10.1. The summed E-state index contributed by atoms with van der Waals surface area (Å²) in [5.41, 5.74) is 0.720. The molecule has 0 bridgehead atoms. The van der Waals surface area contributed by atoms with E-state index in [1.54, 1.807) is 11.3 Å². The lowest BCUT2D eigenvalue weighted by molar-refractivity contribution is 0.881. The van der Waals surface area contributed by atoms with Gasteiger partial charge in [0.05, 0.1) is 5.39 Å². The molecule has 0 spiro atoms. The van der Waals surface area contributed by atoms with Gasteiger partial charge in [0, 0.05) is 20.3 Å². The highest BCUT2D eigenvalue weighted by molar-refractivity contribution is 7.24. The Kier molecular flexibility index (Phi) is 2.37. The number of fused-ring (bicyclic) bond motifs is 2. The van der Waals surface area contributed by atoms with Gasteiger partial charge in [0.15, 0.2) is 5.43 Å². The summed E-state index contributed by atoms with van der Waals surface area (Å²) in [5.74, 6) is 0.440. The molecule has 0 saturated carbocycles. The molecule has 5 nitrogen and oxygen atoms in total. The summed E-state index contributed by atoms with van der Waals surface area (Å²) in [6.07, 6.45) is 0. The molecule has 0 unspecified atom stereocenters. The Morgan fingerprint density at radius 3 is 2.70 bits per heavy atom. The Labute approximate surface area is 116 Å². The quantitative estimate of drug-likeness (QED) is 0.544. The number of hydrogen-bond donors (Lipinski definition) is 1. The van der Waals surface area contributed by atoms with Crippen molar-refractivity contribution in [3.8, 4) is 11.4 Å². The van der Waals surface area contributed by atoms with E-state index in [9.17, 15) is 4.79 Å². The minimum atomic E-state index is 0.00903. The summed E-state index contributed by atoms with van der Waals surface area (Å²) >= 11 is 1.59. The average Bonchev–Trinajstić information content (AvgIpc) is 3.01. The maximum atomic E-state index is 12.7. The first-order valence-corrected chi connectivity index (χ1v) is 6.84. The number of nitrogens with one attached hydrogen (secondary N) is 1. The smallest absolute Gasteiger partial charge is 0.205 e. The van der Waals surface area contributed by atoms with E-state index >= 15 is 0 Å². The van der Waals surface area contributed by atoms with Gasteiger partial charge in [-0.05, 0) is 23.4 Å². The fourth-order valence-corrected chi connectivity index (χ4v) is 3.41. The minimum absolute atomic E-state index is 0.00903. The summed E-state index contributed by atoms with van der Waals surface area (Å²) in [6, 6.07) is 13.3. The second kappa shape index (κ2) is 4.21. The van der Waals surface area contributed by atoms with E-state index in [1.807, 2.05) is 42.5 Å². The van der Waals surface area contributed by atoms with E-state index < -0.39 is 0 Å². The topological polar surface area (TPSA) is 71.5 Å². The Hall–Kier alpha value is -2.60. The van der Waals surface area contributed by atoms with Crippen LogP contribution in [0.5, 0.6) is 0 Å². The van der Waals surface area contributed by atoms with Gasteiger partial charge in [0.25, 0.3) is 0 Å². The van der Waals surface area contributed by atoms with Gasteiger partial charge in [-0.15, -0.1) is 21.5 Å². The summed E-state index contributed by atoms with van der Waals surface area (Å²) in [5, 5.41) is 15.3. The third-order valence-electron chi connectivity index (χ3n) is 3.19. The molecule has 0 aliphatic carbocycles. The average molecular weight is 280 g/mol. The third-order valence-corrected chi connectivity index (χ3v) is 4.33. The third kappa shape index (κ3) is 1.55. The van der Waals surface area contributed by atoms with E-state index in [0.29, 0.717) is 16.8 Å². The first kappa shape index (κ1) is 11.2. The highest BCUT2D eigenvalue weighted by Crippen LogP contribution is 2.29. The van der Waals surface area contributed by atoms with E-state index in [4.69, 9.17) is 0 Å². The van der Waals surface area contributed by atoms with Crippen LogP contribution in [0.15, 0.2) is 47.3 Å². The Bertz CT molecular complexity index is 975. The number of rotatable bonds is 1. The number of aromatic amines is 1. The lowest BCUT2D eigenvalue weighted by Gasteiger charge is -2.03. The lowest BCUT2D eigenvalue weighted by Crippen LogP contribution is -2.03. The second-order valence-corrected chi connectivity index (χ2v) is 5.43. The molecule has 0 aliphatic rings. The van der Waals surface area contributed by atoms with Crippen LogP contribution in [0.2, 0.25) is 0 Å². The van der Waals surface area contributed by atoms with Crippen molar-refractivity contribution in [3.05, 3.63) is 52.7 Å². The second-order valence-electron chi connectivity index (χ2n) is 4.34. The van der Waals surface area contributed by atoms with Crippen molar-refractivity contribution in [2.24, 2.45) is 0 Å². The molecule has 0 saturated heterocycles. The first-order chi connectivity index (χ1) is 9.84. The highest BCUT2D eigenvalue weighted by Gasteiger charge is 2.13. The zero-order chi connectivity index (χ0) is 13.5. The Morgan fingerprint density at radius 1 is 1.00 bits per heavy atom. The van der Waals surface area contributed by atoms with Crippen molar-refractivity contribution in [2.75, 3.05) is 0 Å². The van der Waals surface area contributed by atoms with Gasteiger partial charge in [-0.1, -0.05) is 24.3 Å².